The van der Waals surface area contributed by atoms with Gasteiger partial charge in [-0.3, -0.25) is 9.69 Å². The molecule has 0 aromatic carbocycles. The number of carbonyl (C=O) groups is 1. The van der Waals surface area contributed by atoms with E-state index in [0.717, 1.165) is 36.4 Å². The molecule has 8 heteroatoms. The van der Waals surface area contributed by atoms with E-state index in [9.17, 15) is 4.79 Å². The molecule has 8 nitrogen and oxygen atoms in total. The highest BCUT2D eigenvalue weighted by Gasteiger charge is 2.31. The minimum Gasteiger partial charge on any atom is -0.361 e. The number of hydrogen-bond donors (Lipinski definition) is 1. The first-order valence-corrected chi connectivity index (χ1v) is 7.77. The third-order valence-electron chi connectivity index (χ3n) is 4.20. The summed E-state index contributed by atoms with van der Waals surface area (Å²) < 4.78 is 10.1. The summed E-state index contributed by atoms with van der Waals surface area (Å²) in [6, 6.07) is 0.0530. The molecule has 3 rings (SSSR count). The second-order valence-electron chi connectivity index (χ2n) is 5.88. The number of likely N-dealkylation sites (tertiary alicyclic amines) is 1. The van der Waals surface area contributed by atoms with Crippen molar-refractivity contribution in [3.63, 3.8) is 0 Å². The predicted molar refractivity (Wildman–Crippen MR) is 80.4 cm³/mol. The Labute approximate surface area is 134 Å². The first-order valence-electron chi connectivity index (χ1n) is 7.77. The fourth-order valence-corrected chi connectivity index (χ4v) is 2.94. The average Bonchev–Trinajstić information content (AvgIpc) is 3.20. The van der Waals surface area contributed by atoms with Crippen LogP contribution >= 0.6 is 0 Å². The summed E-state index contributed by atoms with van der Waals surface area (Å²) in [5, 5.41) is 10.8. The normalized spacial score (nSPS) is 18.5. The first-order chi connectivity index (χ1) is 11.0. The number of rotatable bonds is 5. The fourth-order valence-electron chi connectivity index (χ4n) is 2.94. The molecular formula is C15H21N5O3. The third-order valence-corrected chi connectivity index (χ3v) is 4.20. The number of hydrogen-bond acceptors (Lipinski definition) is 7. The van der Waals surface area contributed by atoms with Crippen molar-refractivity contribution in [3.05, 3.63) is 28.7 Å². The molecule has 1 amide bonds. The van der Waals surface area contributed by atoms with Crippen molar-refractivity contribution in [2.45, 2.75) is 46.2 Å². The zero-order valence-corrected chi connectivity index (χ0v) is 13.6. The molecule has 0 aliphatic carbocycles. The Kier molecular flexibility index (Phi) is 4.42. The molecule has 1 aliphatic rings. The molecule has 0 bridgehead atoms. The van der Waals surface area contributed by atoms with Gasteiger partial charge in [0.15, 0.2) is 5.82 Å². The smallest absolute Gasteiger partial charge is 0.234 e. The van der Waals surface area contributed by atoms with Gasteiger partial charge < -0.3 is 14.4 Å². The molecule has 1 N–H and O–H groups in total. The van der Waals surface area contributed by atoms with Crippen LogP contribution in [-0.4, -0.2) is 39.2 Å². The largest absolute Gasteiger partial charge is 0.361 e. The monoisotopic (exact) mass is 319 g/mol. The van der Waals surface area contributed by atoms with E-state index in [-0.39, 0.29) is 11.9 Å². The predicted octanol–water partition coefficient (Wildman–Crippen LogP) is 1.44. The van der Waals surface area contributed by atoms with E-state index in [4.69, 9.17) is 9.05 Å². The quantitative estimate of drug-likeness (QED) is 0.890. The van der Waals surface area contributed by atoms with Gasteiger partial charge in [-0.1, -0.05) is 10.3 Å². The van der Waals surface area contributed by atoms with Crippen LogP contribution in [0.15, 0.2) is 9.05 Å². The molecule has 1 atom stereocenters. The molecule has 2 aromatic heterocycles. The molecule has 3 heterocycles. The Balaban J connectivity index is 1.57. The summed E-state index contributed by atoms with van der Waals surface area (Å²) in [4.78, 5) is 18.6. The van der Waals surface area contributed by atoms with Gasteiger partial charge in [0.1, 0.15) is 5.76 Å². The molecule has 0 spiro atoms. The molecule has 1 fully saturated rings. The van der Waals surface area contributed by atoms with Crippen LogP contribution in [0.2, 0.25) is 0 Å². The topological polar surface area (TPSA) is 97.3 Å². The lowest BCUT2D eigenvalue weighted by atomic mass is 10.2. The van der Waals surface area contributed by atoms with Gasteiger partial charge in [-0.25, -0.2) is 0 Å². The number of aromatic nitrogens is 3. The van der Waals surface area contributed by atoms with Crippen molar-refractivity contribution < 1.29 is 13.8 Å². The highest BCUT2D eigenvalue weighted by Crippen LogP contribution is 2.29. The fraction of sp³-hybridized carbons (Fsp3) is 0.600. The summed E-state index contributed by atoms with van der Waals surface area (Å²) in [5.74, 6) is 1.93. The van der Waals surface area contributed by atoms with Gasteiger partial charge >= 0.3 is 0 Å². The van der Waals surface area contributed by atoms with E-state index in [0.29, 0.717) is 24.8 Å². The van der Waals surface area contributed by atoms with Crippen molar-refractivity contribution in [1.29, 1.82) is 0 Å². The Bertz CT molecular complexity index is 674. The zero-order chi connectivity index (χ0) is 16.4. The molecule has 1 aliphatic heterocycles. The van der Waals surface area contributed by atoms with Gasteiger partial charge in [0, 0.05) is 19.0 Å². The van der Waals surface area contributed by atoms with Gasteiger partial charge in [0.2, 0.25) is 11.8 Å². The maximum atomic E-state index is 12.2. The molecule has 23 heavy (non-hydrogen) atoms. The van der Waals surface area contributed by atoms with E-state index < -0.39 is 0 Å². The van der Waals surface area contributed by atoms with E-state index in [1.54, 1.807) is 6.92 Å². The SMILES string of the molecule is Cc1nc([C@H]2CCCN2CC(=O)NCc2c(C)noc2C)no1. The molecule has 0 radical (unpaired) electrons. The van der Waals surface area contributed by atoms with Crippen LogP contribution in [0.25, 0.3) is 0 Å². The molecule has 1 saturated heterocycles. The van der Waals surface area contributed by atoms with Crippen LogP contribution in [0.5, 0.6) is 0 Å². The van der Waals surface area contributed by atoms with Gasteiger partial charge in [-0.15, -0.1) is 0 Å². The summed E-state index contributed by atoms with van der Waals surface area (Å²) in [7, 11) is 0. The lowest BCUT2D eigenvalue weighted by Gasteiger charge is -2.21. The zero-order valence-electron chi connectivity index (χ0n) is 13.6. The third kappa shape index (κ3) is 3.42. The van der Waals surface area contributed by atoms with Crippen molar-refractivity contribution in [2.75, 3.05) is 13.1 Å². The molecule has 2 aromatic rings. The van der Waals surface area contributed by atoms with Gasteiger partial charge in [0.05, 0.1) is 18.3 Å². The van der Waals surface area contributed by atoms with Crippen LogP contribution < -0.4 is 5.32 Å². The average molecular weight is 319 g/mol. The number of aryl methyl sites for hydroxylation is 3. The maximum Gasteiger partial charge on any atom is 0.234 e. The van der Waals surface area contributed by atoms with Crippen molar-refractivity contribution in [2.24, 2.45) is 0 Å². The minimum atomic E-state index is -0.0304. The Morgan fingerprint density at radius 2 is 2.13 bits per heavy atom. The standard InChI is InChI=1S/C15H21N5O3/c1-9-12(10(2)22-18-9)7-16-14(21)8-20-6-4-5-13(20)15-17-11(3)23-19-15/h13H,4-8H2,1-3H3,(H,16,21)/t13-/m1/s1. The van der Waals surface area contributed by atoms with Crippen LogP contribution in [0.4, 0.5) is 0 Å². The molecule has 0 unspecified atom stereocenters. The summed E-state index contributed by atoms with van der Waals surface area (Å²) in [5.41, 5.74) is 1.74. The van der Waals surface area contributed by atoms with Crippen LogP contribution in [-0.2, 0) is 11.3 Å². The van der Waals surface area contributed by atoms with Gasteiger partial charge in [-0.2, -0.15) is 4.98 Å². The Morgan fingerprint density at radius 3 is 2.78 bits per heavy atom. The number of amides is 1. The van der Waals surface area contributed by atoms with Crippen molar-refractivity contribution in [3.8, 4) is 0 Å². The summed E-state index contributed by atoms with van der Waals surface area (Å²) >= 11 is 0. The summed E-state index contributed by atoms with van der Waals surface area (Å²) in [6.07, 6.45) is 1.96. The number of nitrogens with zero attached hydrogens (tertiary/aromatic N) is 4. The first kappa shape index (κ1) is 15.7. The molecular weight excluding hydrogens is 298 g/mol. The second-order valence-corrected chi connectivity index (χ2v) is 5.88. The van der Waals surface area contributed by atoms with E-state index >= 15 is 0 Å². The minimum absolute atomic E-state index is 0.0304. The second kappa shape index (κ2) is 6.49. The highest BCUT2D eigenvalue weighted by atomic mass is 16.5. The van der Waals surface area contributed by atoms with E-state index in [1.807, 2.05) is 13.8 Å². The van der Waals surface area contributed by atoms with Crippen molar-refractivity contribution in [1.82, 2.24) is 25.5 Å². The van der Waals surface area contributed by atoms with Gasteiger partial charge in [-0.05, 0) is 33.2 Å². The summed E-state index contributed by atoms with van der Waals surface area (Å²) in [6.45, 7) is 7.09. The van der Waals surface area contributed by atoms with Crippen LogP contribution in [0.3, 0.4) is 0 Å². The van der Waals surface area contributed by atoms with E-state index in [2.05, 4.69) is 25.5 Å². The lowest BCUT2D eigenvalue weighted by Crippen LogP contribution is -2.37. The van der Waals surface area contributed by atoms with Crippen LogP contribution in [0.1, 0.15) is 47.6 Å². The van der Waals surface area contributed by atoms with E-state index in [1.165, 1.54) is 0 Å². The van der Waals surface area contributed by atoms with Gasteiger partial charge in [0.25, 0.3) is 0 Å². The maximum absolute atomic E-state index is 12.2. The molecule has 124 valence electrons. The Morgan fingerprint density at radius 1 is 1.30 bits per heavy atom. The molecule has 0 saturated carbocycles. The number of carbonyl (C=O) groups excluding carboxylic acids is 1. The van der Waals surface area contributed by atoms with Crippen molar-refractivity contribution >= 4 is 5.91 Å². The van der Waals surface area contributed by atoms with Crippen LogP contribution in [0, 0.1) is 20.8 Å². The number of nitrogens with one attached hydrogen (secondary N) is 1. The Hall–Kier alpha value is -2.22. The highest BCUT2D eigenvalue weighted by molar-refractivity contribution is 5.78. The lowest BCUT2D eigenvalue weighted by molar-refractivity contribution is -0.122.